The fourth-order valence-corrected chi connectivity index (χ4v) is 8.62. The molecule has 3 fully saturated rings. The SMILES string of the molecule is CN1CCCC1CCNC(=O)C1=C[C@@H]2Cc3c(cc(F)c(N4CCC(N5CCCC5)CC4)c3Oc3cc4ccccc4cc32)C1=O. The first-order valence-electron chi connectivity index (χ1n) is 17.2. The van der Waals surface area contributed by atoms with Gasteiger partial charge >= 0.3 is 0 Å². The molecule has 7 nitrogen and oxygen atoms in total. The Bertz CT molecular complexity index is 1720. The second-order valence-corrected chi connectivity index (χ2v) is 13.9. The minimum atomic E-state index is -0.464. The molecule has 0 spiro atoms. The van der Waals surface area contributed by atoms with E-state index in [1.54, 1.807) is 0 Å². The molecule has 2 atom stereocenters. The number of carbonyl (C=O) groups is 2. The van der Waals surface area contributed by atoms with Gasteiger partial charge in [0.2, 0.25) is 0 Å². The Morgan fingerprint density at radius 1 is 0.978 bits per heavy atom. The summed E-state index contributed by atoms with van der Waals surface area (Å²) < 4.78 is 23.2. The van der Waals surface area contributed by atoms with Gasteiger partial charge in [-0.1, -0.05) is 30.3 Å². The quantitative estimate of drug-likeness (QED) is 0.331. The predicted molar refractivity (Wildman–Crippen MR) is 179 cm³/mol. The fourth-order valence-electron chi connectivity index (χ4n) is 8.62. The zero-order valence-corrected chi connectivity index (χ0v) is 26.7. The van der Waals surface area contributed by atoms with E-state index in [4.69, 9.17) is 4.74 Å². The van der Waals surface area contributed by atoms with Gasteiger partial charge in [-0.2, -0.15) is 0 Å². The summed E-state index contributed by atoms with van der Waals surface area (Å²) in [5.74, 6) is -0.466. The van der Waals surface area contributed by atoms with E-state index in [-0.39, 0.29) is 23.0 Å². The Morgan fingerprint density at radius 2 is 1.74 bits per heavy atom. The Hall–Kier alpha value is -3.75. The van der Waals surface area contributed by atoms with E-state index in [2.05, 4.69) is 39.2 Å². The van der Waals surface area contributed by atoms with Crippen LogP contribution in [0.2, 0.25) is 0 Å². The molecule has 46 heavy (non-hydrogen) atoms. The number of carbonyl (C=O) groups excluding carboxylic acids is 2. The summed E-state index contributed by atoms with van der Waals surface area (Å²) >= 11 is 0. The molecule has 3 aromatic rings. The van der Waals surface area contributed by atoms with Crippen LogP contribution in [0.25, 0.3) is 10.8 Å². The molecule has 3 saturated heterocycles. The molecule has 4 aliphatic heterocycles. The third-order valence-corrected chi connectivity index (χ3v) is 11.2. The number of amides is 1. The van der Waals surface area contributed by atoms with Crippen molar-refractivity contribution >= 4 is 28.2 Å². The van der Waals surface area contributed by atoms with Crippen molar-refractivity contribution in [2.45, 2.75) is 69.4 Å². The number of nitrogens with zero attached hydrogens (tertiary/aromatic N) is 3. The number of allylic oxidation sites excluding steroid dienone is 1. The highest BCUT2D eigenvalue weighted by Gasteiger charge is 2.38. The maximum Gasteiger partial charge on any atom is 0.254 e. The number of rotatable bonds is 6. The molecule has 2 bridgehead atoms. The zero-order valence-electron chi connectivity index (χ0n) is 26.7. The van der Waals surface area contributed by atoms with Gasteiger partial charge in [-0.3, -0.25) is 9.59 Å². The highest BCUT2D eigenvalue weighted by Crippen LogP contribution is 2.50. The van der Waals surface area contributed by atoms with E-state index in [1.165, 1.54) is 25.3 Å². The average Bonchev–Trinajstić information content (AvgIpc) is 3.69. The van der Waals surface area contributed by atoms with Gasteiger partial charge in [-0.25, -0.2) is 4.39 Å². The number of fused-ring (bicyclic) bond motifs is 4. The van der Waals surface area contributed by atoms with Crippen LogP contribution in [0.4, 0.5) is 10.1 Å². The maximum atomic E-state index is 16.4. The first kappa shape index (κ1) is 29.6. The van der Waals surface area contributed by atoms with Crippen LogP contribution in [0.5, 0.6) is 11.5 Å². The summed E-state index contributed by atoms with van der Waals surface area (Å²) in [6.07, 6.45) is 9.85. The number of nitrogens with one attached hydrogen (secondary N) is 1. The number of likely N-dealkylation sites (tertiary alicyclic amines) is 2. The van der Waals surface area contributed by atoms with Crippen molar-refractivity contribution in [3.05, 3.63) is 76.6 Å². The third-order valence-electron chi connectivity index (χ3n) is 11.2. The lowest BCUT2D eigenvalue weighted by atomic mass is 9.89. The van der Waals surface area contributed by atoms with Crippen molar-refractivity contribution in [3.63, 3.8) is 0 Å². The minimum Gasteiger partial charge on any atom is -0.454 e. The normalized spacial score (nSPS) is 23.6. The Morgan fingerprint density at radius 3 is 2.48 bits per heavy atom. The van der Waals surface area contributed by atoms with Gasteiger partial charge in [-0.05, 0) is 107 Å². The van der Waals surface area contributed by atoms with E-state index in [0.29, 0.717) is 47.8 Å². The van der Waals surface area contributed by atoms with Gasteiger partial charge in [0.25, 0.3) is 5.91 Å². The largest absolute Gasteiger partial charge is 0.454 e. The van der Waals surface area contributed by atoms with Gasteiger partial charge in [0.15, 0.2) is 17.3 Å². The second-order valence-electron chi connectivity index (χ2n) is 13.9. The summed E-state index contributed by atoms with van der Waals surface area (Å²) in [7, 11) is 2.12. The monoisotopic (exact) mass is 622 g/mol. The molecule has 0 aromatic heterocycles. The summed E-state index contributed by atoms with van der Waals surface area (Å²) in [5, 5.41) is 5.12. The van der Waals surface area contributed by atoms with Crippen molar-refractivity contribution < 1.29 is 18.7 Å². The molecule has 8 rings (SSSR count). The molecule has 3 aromatic carbocycles. The Kier molecular flexibility index (Phi) is 7.81. The Labute approximate surface area is 270 Å². The fraction of sp³-hybridized carbons (Fsp3) is 0.474. The van der Waals surface area contributed by atoms with Crippen molar-refractivity contribution in [1.82, 2.24) is 15.1 Å². The molecule has 8 heteroatoms. The van der Waals surface area contributed by atoms with Crippen LogP contribution >= 0.6 is 0 Å². The number of anilines is 1. The molecule has 4 heterocycles. The third kappa shape index (κ3) is 5.29. The lowest BCUT2D eigenvalue weighted by molar-refractivity contribution is -0.117. The summed E-state index contributed by atoms with van der Waals surface area (Å²) in [4.78, 5) is 34.9. The summed E-state index contributed by atoms with van der Waals surface area (Å²) in [5.41, 5.74) is 2.38. The summed E-state index contributed by atoms with van der Waals surface area (Å²) in [6.45, 7) is 5.34. The standard InChI is InChI=1S/C38H43FN4O3/c1-41-14-6-9-27(41)10-13-40-38(45)32-21-26-20-31-30(36(32)44)23-33(39)35(43-17-11-28(12-18-43)42-15-4-5-16-42)37(31)46-34-22-25-8-3-2-7-24(25)19-29(26)34/h2-3,7-8,19,21-23,26-28H,4-6,9-18,20H2,1H3,(H,40,45)/t26-,27?/m0/s1. The molecular formula is C38H43FN4O3. The van der Waals surface area contributed by atoms with Crippen LogP contribution in [0.3, 0.4) is 0 Å². The van der Waals surface area contributed by atoms with Crippen LogP contribution in [-0.4, -0.2) is 79.9 Å². The zero-order chi connectivity index (χ0) is 31.4. The number of Topliss-reactive ketones (excluding diaryl/α,β-unsaturated/α-hetero) is 1. The number of benzene rings is 3. The lowest BCUT2D eigenvalue weighted by Gasteiger charge is -2.38. The number of piperidine rings is 1. The molecule has 240 valence electrons. The molecule has 0 radical (unpaired) electrons. The second kappa shape index (κ2) is 12.1. The number of hydrogen-bond donors (Lipinski definition) is 1. The van der Waals surface area contributed by atoms with E-state index in [0.717, 1.165) is 74.7 Å². The molecule has 1 N–H and O–H groups in total. The molecule has 0 saturated carbocycles. The van der Waals surface area contributed by atoms with Crippen LogP contribution in [0.1, 0.15) is 72.3 Å². The highest BCUT2D eigenvalue weighted by molar-refractivity contribution is 6.26. The van der Waals surface area contributed by atoms with E-state index < -0.39 is 11.6 Å². The number of hydrogen-bond acceptors (Lipinski definition) is 6. The van der Waals surface area contributed by atoms with Crippen LogP contribution in [0.15, 0.2) is 54.1 Å². The van der Waals surface area contributed by atoms with Crippen molar-refractivity contribution in [2.24, 2.45) is 0 Å². The number of ketones is 1. The van der Waals surface area contributed by atoms with Gasteiger partial charge < -0.3 is 24.8 Å². The van der Waals surface area contributed by atoms with Gasteiger partial charge in [0.05, 0.1) is 5.57 Å². The van der Waals surface area contributed by atoms with Crippen LogP contribution in [0, 0.1) is 5.82 Å². The molecule has 1 aliphatic carbocycles. The Balaban J connectivity index is 1.17. The van der Waals surface area contributed by atoms with E-state index in [9.17, 15) is 9.59 Å². The predicted octanol–water partition coefficient (Wildman–Crippen LogP) is 6.20. The first-order valence-corrected chi connectivity index (χ1v) is 17.2. The van der Waals surface area contributed by atoms with Gasteiger partial charge in [0.1, 0.15) is 11.4 Å². The van der Waals surface area contributed by atoms with Crippen molar-refractivity contribution in [3.8, 4) is 11.5 Å². The van der Waals surface area contributed by atoms with Gasteiger partial charge in [-0.15, -0.1) is 0 Å². The van der Waals surface area contributed by atoms with E-state index in [1.807, 2.05) is 30.3 Å². The highest BCUT2D eigenvalue weighted by atomic mass is 19.1. The van der Waals surface area contributed by atoms with Crippen LogP contribution < -0.4 is 15.0 Å². The number of ether oxygens (including phenoxy) is 1. The molecule has 1 unspecified atom stereocenters. The summed E-state index contributed by atoms with van der Waals surface area (Å²) in [6, 6.07) is 14.6. The van der Waals surface area contributed by atoms with Gasteiger partial charge in [0, 0.05) is 54.3 Å². The molecule has 5 aliphatic rings. The van der Waals surface area contributed by atoms with Crippen LogP contribution in [-0.2, 0) is 11.2 Å². The topological polar surface area (TPSA) is 65.1 Å². The molecule has 1 amide bonds. The van der Waals surface area contributed by atoms with E-state index >= 15 is 4.39 Å². The number of halogens is 1. The minimum absolute atomic E-state index is 0.0917. The first-order chi connectivity index (χ1) is 22.4. The smallest absolute Gasteiger partial charge is 0.254 e. The average molecular weight is 623 g/mol. The molecular weight excluding hydrogens is 579 g/mol. The maximum absolute atomic E-state index is 16.4. The van der Waals surface area contributed by atoms with Crippen molar-refractivity contribution in [2.75, 3.05) is 51.2 Å². The van der Waals surface area contributed by atoms with Crippen molar-refractivity contribution in [1.29, 1.82) is 0 Å². The lowest BCUT2D eigenvalue weighted by Crippen LogP contribution is -2.44.